The van der Waals surface area contributed by atoms with Crippen molar-refractivity contribution < 1.29 is 18.9 Å². The Morgan fingerprint density at radius 3 is 2.20 bits per heavy atom. The summed E-state index contributed by atoms with van der Waals surface area (Å²) in [6.45, 7) is 5.44. The summed E-state index contributed by atoms with van der Waals surface area (Å²) in [6.07, 6.45) is 0. The molecule has 0 heterocycles. The minimum absolute atomic E-state index is 0.481. The van der Waals surface area contributed by atoms with E-state index in [4.69, 9.17) is 18.9 Å². The Hall–Kier alpha value is -3.18. The summed E-state index contributed by atoms with van der Waals surface area (Å²) in [4.78, 5) is 0. The van der Waals surface area contributed by atoms with Crippen LogP contribution in [0.15, 0.2) is 78.9 Å². The van der Waals surface area contributed by atoms with E-state index in [-0.39, 0.29) is 0 Å². The van der Waals surface area contributed by atoms with Crippen molar-refractivity contribution >= 4 is 5.69 Å². The molecule has 0 unspecified atom stereocenters. The highest BCUT2D eigenvalue weighted by atomic mass is 16.5. The van der Waals surface area contributed by atoms with Gasteiger partial charge in [0.15, 0.2) is 0 Å². The van der Waals surface area contributed by atoms with Crippen LogP contribution < -0.4 is 19.5 Å². The number of nitrogens with one attached hydrogen (secondary N) is 1. The Morgan fingerprint density at radius 1 is 0.667 bits per heavy atom. The number of rotatable bonds is 13. The van der Waals surface area contributed by atoms with Gasteiger partial charge in [0.05, 0.1) is 6.61 Å². The van der Waals surface area contributed by atoms with Gasteiger partial charge in [-0.15, -0.1) is 0 Å². The van der Waals surface area contributed by atoms with Gasteiger partial charge in [-0.3, -0.25) is 0 Å². The van der Waals surface area contributed by atoms with Crippen LogP contribution in [0.1, 0.15) is 12.5 Å². The smallest absolute Gasteiger partial charge is 0.124 e. The van der Waals surface area contributed by atoms with E-state index in [0.717, 1.165) is 28.5 Å². The number of benzene rings is 3. The summed E-state index contributed by atoms with van der Waals surface area (Å²) in [6, 6.07) is 25.7. The van der Waals surface area contributed by atoms with E-state index in [0.29, 0.717) is 39.6 Å². The lowest BCUT2D eigenvalue weighted by Gasteiger charge is -2.14. The Morgan fingerprint density at radius 2 is 1.37 bits per heavy atom. The first kappa shape index (κ1) is 21.5. The van der Waals surface area contributed by atoms with E-state index in [9.17, 15) is 0 Å². The molecule has 3 aromatic carbocycles. The standard InChI is InChI=1S/C25H29NO4/c1-2-27-15-16-30-25-14-7-6-9-21(25)20-26-22-10-8-13-24(19-22)29-18-17-28-23-11-4-3-5-12-23/h3-14,19,26H,2,15-18,20H2,1H3. The minimum atomic E-state index is 0.481. The molecule has 5 nitrogen and oxygen atoms in total. The van der Waals surface area contributed by atoms with Crippen molar-refractivity contribution in [1.29, 1.82) is 0 Å². The Bertz CT molecular complexity index is 870. The molecular formula is C25H29NO4. The van der Waals surface area contributed by atoms with Crippen molar-refractivity contribution in [3.63, 3.8) is 0 Å². The highest BCUT2D eigenvalue weighted by molar-refractivity contribution is 5.49. The maximum Gasteiger partial charge on any atom is 0.124 e. The van der Waals surface area contributed by atoms with Crippen molar-refractivity contribution in [1.82, 2.24) is 0 Å². The van der Waals surface area contributed by atoms with Gasteiger partial charge in [-0.2, -0.15) is 0 Å². The van der Waals surface area contributed by atoms with Crippen molar-refractivity contribution in [2.24, 2.45) is 0 Å². The van der Waals surface area contributed by atoms with Crippen molar-refractivity contribution in [2.75, 3.05) is 38.4 Å². The zero-order valence-corrected chi connectivity index (χ0v) is 17.4. The van der Waals surface area contributed by atoms with Gasteiger partial charge in [-0.1, -0.05) is 42.5 Å². The molecule has 1 N–H and O–H groups in total. The number of hydrogen-bond acceptors (Lipinski definition) is 5. The number of hydrogen-bond donors (Lipinski definition) is 1. The van der Waals surface area contributed by atoms with Crippen LogP contribution in [0.4, 0.5) is 5.69 Å². The first-order valence-electron chi connectivity index (χ1n) is 10.3. The molecule has 0 aliphatic heterocycles. The largest absolute Gasteiger partial charge is 0.491 e. The predicted octanol–water partition coefficient (Wildman–Crippen LogP) is 5.17. The molecular weight excluding hydrogens is 378 g/mol. The Kier molecular flexibility index (Phi) is 8.90. The summed E-state index contributed by atoms with van der Waals surface area (Å²) < 4.78 is 22.7. The van der Waals surface area contributed by atoms with Gasteiger partial charge in [0.2, 0.25) is 0 Å². The number of anilines is 1. The third-order valence-electron chi connectivity index (χ3n) is 4.34. The molecule has 30 heavy (non-hydrogen) atoms. The van der Waals surface area contributed by atoms with E-state index in [2.05, 4.69) is 11.4 Å². The number of ether oxygens (including phenoxy) is 4. The van der Waals surface area contributed by atoms with Crippen LogP contribution in [0.2, 0.25) is 0 Å². The predicted molar refractivity (Wildman–Crippen MR) is 120 cm³/mol. The zero-order chi connectivity index (χ0) is 20.9. The highest BCUT2D eigenvalue weighted by Gasteiger charge is 2.04. The quantitative estimate of drug-likeness (QED) is 0.396. The lowest BCUT2D eigenvalue weighted by Crippen LogP contribution is -2.09. The van der Waals surface area contributed by atoms with E-state index < -0.39 is 0 Å². The van der Waals surface area contributed by atoms with Gasteiger partial charge >= 0.3 is 0 Å². The van der Waals surface area contributed by atoms with E-state index >= 15 is 0 Å². The molecule has 0 saturated heterocycles. The maximum atomic E-state index is 5.85. The van der Waals surface area contributed by atoms with E-state index in [1.165, 1.54) is 0 Å². The Balaban J connectivity index is 1.46. The second-order valence-electron chi connectivity index (χ2n) is 6.54. The second kappa shape index (κ2) is 12.4. The van der Waals surface area contributed by atoms with Gasteiger partial charge in [0, 0.05) is 30.5 Å². The van der Waals surface area contributed by atoms with Crippen molar-refractivity contribution in [2.45, 2.75) is 13.5 Å². The molecule has 0 fully saturated rings. The maximum absolute atomic E-state index is 5.85. The monoisotopic (exact) mass is 407 g/mol. The molecule has 0 aliphatic carbocycles. The Labute approximate surface area is 178 Å². The molecule has 0 amide bonds. The first-order valence-corrected chi connectivity index (χ1v) is 10.3. The topological polar surface area (TPSA) is 49.0 Å². The molecule has 0 atom stereocenters. The molecule has 0 saturated carbocycles. The van der Waals surface area contributed by atoms with Gasteiger partial charge in [0.1, 0.15) is 37.1 Å². The average Bonchev–Trinajstić information content (AvgIpc) is 2.80. The van der Waals surface area contributed by atoms with Crippen LogP contribution in [0.3, 0.4) is 0 Å². The van der Waals surface area contributed by atoms with Gasteiger partial charge < -0.3 is 24.3 Å². The molecule has 0 spiro atoms. The normalized spacial score (nSPS) is 10.4. The highest BCUT2D eigenvalue weighted by Crippen LogP contribution is 2.22. The molecule has 0 aliphatic rings. The van der Waals surface area contributed by atoms with Crippen LogP contribution in [-0.2, 0) is 11.3 Å². The SMILES string of the molecule is CCOCCOc1ccccc1CNc1cccc(OCCOc2ccccc2)c1. The second-order valence-corrected chi connectivity index (χ2v) is 6.54. The van der Waals surface area contributed by atoms with E-state index in [1.54, 1.807) is 0 Å². The summed E-state index contributed by atoms with van der Waals surface area (Å²) in [7, 11) is 0. The molecule has 3 aromatic rings. The van der Waals surface area contributed by atoms with Gasteiger partial charge in [-0.25, -0.2) is 0 Å². The zero-order valence-electron chi connectivity index (χ0n) is 17.4. The van der Waals surface area contributed by atoms with Gasteiger partial charge in [-0.05, 0) is 37.3 Å². The van der Waals surface area contributed by atoms with E-state index in [1.807, 2.05) is 79.7 Å². The third-order valence-corrected chi connectivity index (χ3v) is 4.34. The van der Waals surface area contributed by atoms with Gasteiger partial charge in [0.25, 0.3) is 0 Å². The van der Waals surface area contributed by atoms with Crippen molar-refractivity contribution in [3.05, 3.63) is 84.4 Å². The summed E-state index contributed by atoms with van der Waals surface area (Å²) in [5.74, 6) is 2.52. The lowest BCUT2D eigenvalue weighted by molar-refractivity contribution is 0.110. The fraction of sp³-hybridized carbons (Fsp3) is 0.280. The summed E-state index contributed by atoms with van der Waals surface area (Å²) in [5.41, 5.74) is 2.08. The van der Waals surface area contributed by atoms with Crippen LogP contribution >= 0.6 is 0 Å². The minimum Gasteiger partial charge on any atom is -0.491 e. The van der Waals surface area contributed by atoms with Crippen LogP contribution in [0.5, 0.6) is 17.2 Å². The molecule has 5 heteroatoms. The fourth-order valence-corrected chi connectivity index (χ4v) is 2.87. The lowest BCUT2D eigenvalue weighted by atomic mass is 10.2. The first-order chi connectivity index (χ1) is 14.8. The number of para-hydroxylation sites is 2. The van der Waals surface area contributed by atoms with Crippen molar-refractivity contribution in [3.8, 4) is 17.2 Å². The molecule has 0 aromatic heterocycles. The van der Waals surface area contributed by atoms with Crippen LogP contribution in [-0.4, -0.2) is 33.0 Å². The van der Waals surface area contributed by atoms with Crippen LogP contribution in [0, 0.1) is 0 Å². The average molecular weight is 408 g/mol. The van der Waals surface area contributed by atoms with Crippen LogP contribution in [0.25, 0.3) is 0 Å². The third kappa shape index (κ3) is 7.33. The molecule has 0 radical (unpaired) electrons. The summed E-state index contributed by atoms with van der Waals surface area (Å²) >= 11 is 0. The molecule has 3 rings (SSSR count). The molecule has 0 bridgehead atoms. The fourth-order valence-electron chi connectivity index (χ4n) is 2.87. The summed E-state index contributed by atoms with van der Waals surface area (Å²) in [5, 5.41) is 3.44. The molecule has 158 valence electrons.